The van der Waals surface area contributed by atoms with Crippen LogP contribution >= 0.6 is 15.9 Å². The van der Waals surface area contributed by atoms with E-state index in [1.54, 1.807) is 18.5 Å². The van der Waals surface area contributed by atoms with Crippen molar-refractivity contribution in [2.45, 2.75) is 0 Å². The zero-order valence-electron chi connectivity index (χ0n) is 10.4. The molecule has 5 heteroatoms. The Bertz CT molecular complexity index is 803. The third kappa shape index (κ3) is 2.53. The molecule has 2 aromatic heterocycles. The minimum atomic E-state index is 0.925. The number of fused-ring (bicyclic) bond motifs is 3. The normalized spacial score (nSPS) is 10.2. The summed E-state index contributed by atoms with van der Waals surface area (Å²) in [6.07, 6.45) is 3.15. The molecule has 0 atom stereocenters. The van der Waals surface area contributed by atoms with E-state index in [1.165, 1.54) is 5.39 Å². The van der Waals surface area contributed by atoms with Crippen molar-refractivity contribution in [1.29, 1.82) is 0 Å². The molecule has 0 radical (unpaired) electrons. The minimum absolute atomic E-state index is 0.925. The molecule has 0 aliphatic heterocycles. The first-order chi connectivity index (χ1) is 9.86. The zero-order valence-corrected chi connectivity index (χ0v) is 12.0. The maximum Gasteiger partial charge on any atom is 0.149 e. The van der Waals surface area contributed by atoms with E-state index < -0.39 is 0 Å². The highest BCUT2D eigenvalue weighted by Gasteiger charge is 2.07. The first kappa shape index (κ1) is 12.7. The third-order valence-electron chi connectivity index (χ3n) is 2.76. The molecule has 4 nitrogen and oxygen atoms in total. The Morgan fingerprint density at radius 3 is 2.25 bits per heavy atom. The van der Waals surface area contributed by atoms with Crippen molar-refractivity contribution in [3.05, 3.63) is 65.4 Å². The fourth-order valence-corrected chi connectivity index (χ4v) is 2.36. The summed E-state index contributed by atoms with van der Waals surface area (Å²) in [5.74, 6) is 0. The zero-order chi connectivity index (χ0) is 13.8. The van der Waals surface area contributed by atoms with Crippen LogP contribution in [0, 0.1) is 0 Å². The average molecular weight is 328 g/mol. The Kier molecular flexibility index (Phi) is 3.69. The van der Waals surface area contributed by atoms with Crippen LogP contribution in [0.4, 0.5) is 0 Å². The van der Waals surface area contributed by atoms with Gasteiger partial charge in [-0.25, -0.2) is 0 Å². The van der Waals surface area contributed by atoms with E-state index in [9.17, 15) is 0 Å². The second kappa shape index (κ2) is 5.79. The molecule has 0 aliphatic rings. The summed E-state index contributed by atoms with van der Waals surface area (Å²) in [6.45, 7) is 0. The first-order valence-electron chi connectivity index (χ1n) is 6.00. The molecular weight excluding hydrogens is 318 g/mol. The number of aromatic nitrogens is 3. The molecule has 20 heavy (non-hydrogen) atoms. The quantitative estimate of drug-likeness (QED) is 0.485. The maximum absolute atomic E-state index is 5.74. The summed E-state index contributed by atoms with van der Waals surface area (Å²) in [4.78, 5) is 0. The van der Waals surface area contributed by atoms with Gasteiger partial charge in [-0.05, 0) is 39.3 Å². The van der Waals surface area contributed by atoms with Gasteiger partial charge >= 0.3 is 0 Å². The van der Waals surface area contributed by atoms with E-state index >= 15 is 0 Å². The Balaban J connectivity index is 0.000000170. The second-order valence-electron chi connectivity index (χ2n) is 4.03. The Labute approximate surface area is 123 Å². The van der Waals surface area contributed by atoms with Gasteiger partial charge < -0.3 is 4.42 Å². The van der Waals surface area contributed by atoms with Gasteiger partial charge in [0.25, 0.3) is 0 Å². The Morgan fingerprint density at radius 2 is 1.55 bits per heavy atom. The smallest absolute Gasteiger partial charge is 0.149 e. The lowest BCUT2D eigenvalue weighted by atomic mass is 10.2. The maximum atomic E-state index is 5.74. The van der Waals surface area contributed by atoms with E-state index in [-0.39, 0.29) is 0 Å². The molecule has 0 fully saturated rings. The second-order valence-corrected chi connectivity index (χ2v) is 4.88. The van der Waals surface area contributed by atoms with Crippen molar-refractivity contribution in [3.8, 4) is 0 Å². The molecule has 2 aromatic carbocycles. The summed E-state index contributed by atoms with van der Waals surface area (Å²) in [5.41, 5.74) is 1.86. The molecule has 2 heterocycles. The van der Waals surface area contributed by atoms with Crippen molar-refractivity contribution in [1.82, 2.24) is 15.4 Å². The lowest BCUT2D eigenvalue weighted by Gasteiger charge is -1.89. The summed E-state index contributed by atoms with van der Waals surface area (Å²) in [5, 5.41) is 12.5. The predicted octanol–water partition coefficient (Wildman–Crippen LogP) is 4.22. The van der Waals surface area contributed by atoms with Crippen molar-refractivity contribution >= 4 is 37.9 Å². The van der Waals surface area contributed by atoms with E-state index in [0.29, 0.717) is 0 Å². The van der Waals surface area contributed by atoms with E-state index in [4.69, 9.17) is 4.42 Å². The van der Waals surface area contributed by atoms with Crippen LogP contribution in [-0.2, 0) is 0 Å². The van der Waals surface area contributed by atoms with Crippen LogP contribution in [0.5, 0.6) is 0 Å². The number of halogens is 1. The molecule has 98 valence electrons. The van der Waals surface area contributed by atoms with Crippen LogP contribution in [0.15, 0.2) is 69.8 Å². The van der Waals surface area contributed by atoms with Gasteiger partial charge in [-0.1, -0.05) is 30.3 Å². The van der Waals surface area contributed by atoms with Crippen molar-refractivity contribution in [2.75, 3.05) is 0 Å². The number of hydrogen-bond acceptors (Lipinski definition) is 4. The van der Waals surface area contributed by atoms with Crippen molar-refractivity contribution < 1.29 is 4.42 Å². The van der Waals surface area contributed by atoms with Crippen molar-refractivity contribution in [2.24, 2.45) is 0 Å². The minimum Gasteiger partial charge on any atom is -0.455 e. The highest BCUT2D eigenvalue weighted by Crippen LogP contribution is 2.32. The van der Waals surface area contributed by atoms with Gasteiger partial charge in [0.2, 0.25) is 0 Å². The molecule has 4 aromatic rings. The molecule has 0 bridgehead atoms. The van der Waals surface area contributed by atoms with Crippen molar-refractivity contribution in [3.63, 3.8) is 0 Å². The molecule has 0 unspecified atom stereocenters. The number of rotatable bonds is 0. The average Bonchev–Trinajstić information content (AvgIpc) is 2.90. The monoisotopic (exact) mass is 327 g/mol. The summed E-state index contributed by atoms with van der Waals surface area (Å²) in [6, 6.07) is 15.9. The lowest BCUT2D eigenvalue weighted by Crippen LogP contribution is -1.78. The van der Waals surface area contributed by atoms with Crippen LogP contribution in [0.3, 0.4) is 0 Å². The third-order valence-corrected chi connectivity index (χ3v) is 3.39. The van der Waals surface area contributed by atoms with Crippen LogP contribution in [0.1, 0.15) is 0 Å². The predicted molar refractivity (Wildman–Crippen MR) is 81.2 cm³/mol. The van der Waals surface area contributed by atoms with Gasteiger partial charge in [0.05, 0.1) is 16.9 Å². The SMILES string of the molecule is Brc1cccc2c1oc1ccccc12.c1cnnnc1. The fourth-order valence-electron chi connectivity index (χ4n) is 1.92. The van der Waals surface area contributed by atoms with Crippen LogP contribution in [0.2, 0.25) is 0 Å². The van der Waals surface area contributed by atoms with Gasteiger partial charge in [0, 0.05) is 10.8 Å². The highest BCUT2D eigenvalue weighted by molar-refractivity contribution is 9.10. The number of para-hydroxylation sites is 2. The summed E-state index contributed by atoms with van der Waals surface area (Å²) in [7, 11) is 0. The van der Waals surface area contributed by atoms with E-state index in [2.05, 4.69) is 43.5 Å². The number of hydrogen-bond donors (Lipinski definition) is 0. The number of benzene rings is 2. The largest absolute Gasteiger partial charge is 0.455 e. The topological polar surface area (TPSA) is 51.8 Å². The number of furan rings is 1. The Hall–Kier alpha value is -2.27. The fraction of sp³-hybridized carbons (Fsp3) is 0. The molecule has 0 spiro atoms. The Morgan fingerprint density at radius 1 is 0.800 bits per heavy atom. The summed E-state index contributed by atoms with van der Waals surface area (Å²) >= 11 is 3.48. The molecule has 0 aliphatic carbocycles. The van der Waals surface area contributed by atoms with Crippen LogP contribution in [0.25, 0.3) is 21.9 Å². The van der Waals surface area contributed by atoms with Crippen LogP contribution in [-0.4, -0.2) is 15.4 Å². The lowest BCUT2D eigenvalue weighted by molar-refractivity contribution is 0.667. The molecule has 0 amide bonds. The standard InChI is InChI=1S/C12H7BrO.C3H3N3/c13-10-6-3-5-9-8-4-1-2-7-11(8)14-12(9)10;1-2-4-6-5-3-1/h1-7H;1-3H. The molecule has 0 N–H and O–H groups in total. The van der Waals surface area contributed by atoms with E-state index in [1.807, 2.05) is 30.3 Å². The molecular formula is C15H10BrN3O. The summed E-state index contributed by atoms with van der Waals surface area (Å²) < 4.78 is 6.74. The highest BCUT2D eigenvalue weighted by atomic mass is 79.9. The number of nitrogens with zero attached hydrogens (tertiary/aromatic N) is 3. The molecule has 4 rings (SSSR count). The molecule has 0 saturated carbocycles. The molecule has 0 saturated heterocycles. The van der Waals surface area contributed by atoms with Gasteiger partial charge in [-0.3, -0.25) is 0 Å². The van der Waals surface area contributed by atoms with E-state index in [0.717, 1.165) is 21.0 Å². The van der Waals surface area contributed by atoms with Crippen LogP contribution < -0.4 is 0 Å². The van der Waals surface area contributed by atoms with Gasteiger partial charge in [0.15, 0.2) is 0 Å². The van der Waals surface area contributed by atoms with Gasteiger partial charge in [-0.15, -0.1) is 10.2 Å². The van der Waals surface area contributed by atoms with Gasteiger partial charge in [-0.2, -0.15) is 0 Å². The first-order valence-corrected chi connectivity index (χ1v) is 6.79. The van der Waals surface area contributed by atoms with Gasteiger partial charge in [0.1, 0.15) is 11.2 Å².